The van der Waals surface area contributed by atoms with E-state index in [1.54, 1.807) is 0 Å². The lowest BCUT2D eigenvalue weighted by Crippen LogP contribution is -2.49. The monoisotopic (exact) mass is 185 g/mol. The van der Waals surface area contributed by atoms with E-state index < -0.39 is 0 Å². The molecule has 0 aromatic heterocycles. The zero-order valence-corrected chi connectivity index (χ0v) is 9.43. The summed E-state index contributed by atoms with van der Waals surface area (Å²) in [4.78, 5) is 2.50. The van der Waals surface area contributed by atoms with Crippen molar-refractivity contribution in [3.63, 3.8) is 0 Å². The van der Waals surface area contributed by atoms with Crippen molar-refractivity contribution in [2.24, 2.45) is 5.41 Å². The first kappa shape index (κ1) is 11.0. The molecule has 1 aliphatic heterocycles. The molecular weight excluding hydrogens is 162 g/mol. The molecule has 1 fully saturated rings. The highest BCUT2D eigenvalue weighted by atomic mass is 16.3. The molecular formula is C11H23NO. The van der Waals surface area contributed by atoms with Crippen LogP contribution in [0.15, 0.2) is 0 Å². The van der Waals surface area contributed by atoms with E-state index in [0.29, 0.717) is 6.61 Å². The highest BCUT2D eigenvalue weighted by Gasteiger charge is 2.33. The van der Waals surface area contributed by atoms with E-state index in [9.17, 15) is 5.11 Å². The first-order valence-corrected chi connectivity index (χ1v) is 5.23. The molecule has 0 unspecified atom stereocenters. The molecule has 78 valence electrons. The number of hydrogen-bond donors (Lipinski definition) is 1. The zero-order valence-electron chi connectivity index (χ0n) is 9.43. The van der Waals surface area contributed by atoms with E-state index in [4.69, 9.17) is 0 Å². The minimum Gasteiger partial charge on any atom is -0.396 e. The fraction of sp³-hybridized carbons (Fsp3) is 1.00. The molecule has 1 aliphatic rings. The Labute approximate surface area is 81.9 Å². The van der Waals surface area contributed by atoms with Crippen molar-refractivity contribution in [1.82, 2.24) is 4.90 Å². The van der Waals surface area contributed by atoms with Crippen molar-refractivity contribution < 1.29 is 5.11 Å². The van der Waals surface area contributed by atoms with Gasteiger partial charge in [-0.25, -0.2) is 0 Å². The van der Waals surface area contributed by atoms with Gasteiger partial charge >= 0.3 is 0 Å². The van der Waals surface area contributed by atoms with Gasteiger partial charge in [-0.05, 0) is 52.1 Å². The van der Waals surface area contributed by atoms with Crippen LogP contribution in [0.5, 0.6) is 0 Å². The summed E-state index contributed by atoms with van der Waals surface area (Å²) in [5.41, 5.74) is 0.471. The maximum Gasteiger partial charge on any atom is 0.0485 e. The predicted molar refractivity (Wildman–Crippen MR) is 55.8 cm³/mol. The number of aliphatic hydroxyl groups excluding tert-OH is 1. The molecule has 0 radical (unpaired) electrons. The molecule has 0 saturated carbocycles. The number of rotatable bonds is 1. The molecule has 0 amide bonds. The minimum absolute atomic E-state index is 0.182. The van der Waals surface area contributed by atoms with Crippen LogP contribution in [0.4, 0.5) is 0 Å². The topological polar surface area (TPSA) is 23.5 Å². The zero-order chi connectivity index (χ0) is 10.1. The van der Waals surface area contributed by atoms with Crippen molar-refractivity contribution in [2.45, 2.75) is 46.1 Å². The van der Waals surface area contributed by atoms with Crippen LogP contribution in [0.25, 0.3) is 0 Å². The summed E-state index contributed by atoms with van der Waals surface area (Å²) < 4.78 is 0. The average Bonchev–Trinajstić information content (AvgIpc) is 2.04. The van der Waals surface area contributed by atoms with Gasteiger partial charge in [-0.3, -0.25) is 4.90 Å². The van der Waals surface area contributed by atoms with Gasteiger partial charge in [0.05, 0.1) is 0 Å². The second-order valence-electron chi connectivity index (χ2n) is 5.63. The molecule has 0 aliphatic carbocycles. The Bertz CT molecular complexity index is 163. The van der Waals surface area contributed by atoms with E-state index in [1.807, 2.05) is 0 Å². The molecule has 1 heterocycles. The average molecular weight is 185 g/mol. The number of nitrogens with zero attached hydrogens (tertiary/aromatic N) is 1. The molecule has 0 spiro atoms. The summed E-state index contributed by atoms with van der Waals surface area (Å²) in [7, 11) is 0. The van der Waals surface area contributed by atoms with Crippen molar-refractivity contribution in [1.29, 1.82) is 0 Å². The van der Waals surface area contributed by atoms with E-state index in [2.05, 4.69) is 32.6 Å². The molecule has 1 saturated heterocycles. The Morgan fingerprint density at radius 1 is 1.23 bits per heavy atom. The first-order chi connectivity index (χ1) is 5.87. The Balaban J connectivity index is 2.48. The lowest BCUT2D eigenvalue weighted by Gasteiger charge is -2.44. The van der Waals surface area contributed by atoms with Gasteiger partial charge in [0.25, 0.3) is 0 Å². The van der Waals surface area contributed by atoms with E-state index in [-0.39, 0.29) is 11.0 Å². The van der Waals surface area contributed by atoms with Gasteiger partial charge in [-0.2, -0.15) is 0 Å². The third-order valence-electron chi connectivity index (χ3n) is 3.30. The third kappa shape index (κ3) is 2.68. The fourth-order valence-electron chi connectivity index (χ4n) is 1.88. The van der Waals surface area contributed by atoms with Crippen molar-refractivity contribution >= 4 is 0 Å². The maximum atomic E-state index is 9.22. The molecule has 2 nitrogen and oxygen atoms in total. The van der Waals surface area contributed by atoms with E-state index in [1.165, 1.54) is 0 Å². The smallest absolute Gasteiger partial charge is 0.0485 e. The van der Waals surface area contributed by atoms with Gasteiger partial charge in [0.2, 0.25) is 0 Å². The van der Waals surface area contributed by atoms with Crippen molar-refractivity contribution in [3.05, 3.63) is 0 Å². The SMILES string of the molecule is CC1(CO)CCN(C(C)(C)C)CC1. The van der Waals surface area contributed by atoms with Crippen LogP contribution >= 0.6 is 0 Å². The largest absolute Gasteiger partial charge is 0.396 e. The lowest BCUT2D eigenvalue weighted by atomic mass is 9.80. The Morgan fingerprint density at radius 3 is 2.00 bits per heavy atom. The number of aliphatic hydroxyl groups is 1. The van der Waals surface area contributed by atoms with E-state index >= 15 is 0 Å². The fourth-order valence-corrected chi connectivity index (χ4v) is 1.88. The van der Waals surface area contributed by atoms with Gasteiger partial charge in [-0.1, -0.05) is 6.92 Å². The van der Waals surface area contributed by atoms with Gasteiger partial charge in [-0.15, -0.1) is 0 Å². The van der Waals surface area contributed by atoms with Gasteiger partial charge in [0.15, 0.2) is 0 Å². The second kappa shape index (κ2) is 3.58. The molecule has 13 heavy (non-hydrogen) atoms. The van der Waals surface area contributed by atoms with Gasteiger partial charge < -0.3 is 5.11 Å². The van der Waals surface area contributed by atoms with Gasteiger partial charge in [0.1, 0.15) is 0 Å². The first-order valence-electron chi connectivity index (χ1n) is 5.23. The number of hydrogen-bond acceptors (Lipinski definition) is 2. The van der Waals surface area contributed by atoms with Crippen LogP contribution in [0.3, 0.4) is 0 Å². The molecule has 2 heteroatoms. The molecule has 0 aromatic rings. The third-order valence-corrected chi connectivity index (χ3v) is 3.30. The van der Waals surface area contributed by atoms with Crippen molar-refractivity contribution in [3.8, 4) is 0 Å². The summed E-state index contributed by atoms with van der Waals surface area (Å²) in [5, 5.41) is 9.22. The molecule has 0 bridgehead atoms. The maximum absolute atomic E-state index is 9.22. The quantitative estimate of drug-likeness (QED) is 0.674. The summed E-state index contributed by atoms with van der Waals surface area (Å²) >= 11 is 0. The van der Waals surface area contributed by atoms with Crippen LogP contribution in [0.1, 0.15) is 40.5 Å². The Kier molecular flexibility index (Phi) is 3.03. The van der Waals surface area contributed by atoms with Gasteiger partial charge in [0, 0.05) is 12.1 Å². The minimum atomic E-state index is 0.182. The van der Waals surface area contributed by atoms with Crippen LogP contribution < -0.4 is 0 Å². The summed E-state index contributed by atoms with van der Waals surface area (Å²) in [5.74, 6) is 0. The summed E-state index contributed by atoms with van der Waals surface area (Å²) in [6, 6.07) is 0. The predicted octanol–water partition coefficient (Wildman–Crippen LogP) is 1.88. The molecule has 1 N–H and O–H groups in total. The van der Waals surface area contributed by atoms with Crippen molar-refractivity contribution in [2.75, 3.05) is 19.7 Å². The molecule has 0 atom stereocenters. The molecule has 0 aromatic carbocycles. The van der Waals surface area contributed by atoms with Crippen LogP contribution in [-0.4, -0.2) is 35.2 Å². The highest BCUT2D eigenvalue weighted by Crippen LogP contribution is 2.32. The summed E-state index contributed by atoms with van der Waals surface area (Å²) in [6.07, 6.45) is 2.25. The normalized spacial score (nSPS) is 24.7. The van der Waals surface area contributed by atoms with Crippen LogP contribution in [-0.2, 0) is 0 Å². The second-order valence-corrected chi connectivity index (χ2v) is 5.63. The Hall–Kier alpha value is -0.0800. The summed E-state index contributed by atoms with van der Waals surface area (Å²) in [6.45, 7) is 11.6. The number of piperidine rings is 1. The van der Waals surface area contributed by atoms with Crippen LogP contribution in [0.2, 0.25) is 0 Å². The van der Waals surface area contributed by atoms with E-state index in [0.717, 1.165) is 25.9 Å². The molecule has 1 rings (SSSR count). The number of likely N-dealkylation sites (tertiary alicyclic amines) is 1. The Morgan fingerprint density at radius 2 is 1.69 bits per heavy atom. The lowest BCUT2D eigenvalue weighted by molar-refractivity contribution is 0.0196. The highest BCUT2D eigenvalue weighted by molar-refractivity contribution is 4.86. The standard InChI is InChI=1S/C11H23NO/c1-10(2,3)12-7-5-11(4,9-13)6-8-12/h13H,5-9H2,1-4H3. The van der Waals surface area contributed by atoms with Crippen LogP contribution in [0, 0.1) is 5.41 Å².